The number of methoxy groups -OCH3 is 1. The fourth-order valence-electron chi connectivity index (χ4n) is 4.37. The van der Waals surface area contributed by atoms with Gasteiger partial charge in [-0.2, -0.15) is 0 Å². The number of aromatic nitrogens is 1. The van der Waals surface area contributed by atoms with Crippen molar-refractivity contribution in [1.29, 1.82) is 0 Å². The second kappa shape index (κ2) is 13.7. The Morgan fingerprint density at radius 3 is 2.53 bits per heavy atom. The molecule has 4 rings (SSSR count). The Kier molecular flexibility index (Phi) is 9.78. The molecule has 0 radical (unpaired) electrons. The van der Waals surface area contributed by atoms with Crippen LogP contribution in [-0.2, 0) is 22.5 Å². The summed E-state index contributed by atoms with van der Waals surface area (Å²) in [7, 11) is 1.62. The number of nitrogens with zero attached hydrogens (tertiary/aromatic N) is 2. The largest absolute Gasteiger partial charge is 0.385 e. The Morgan fingerprint density at radius 2 is 1.74 bits per heavy atom. The predicted molar refractivity (Wildman–Crippen MR) is 152 cm³/mol. The van der Waals surface area contributed by atoms with Gasteiger partial charge in [0, 0.05) is 61.2 Å². The van der Waals surface area contributed by atoms with Crippen LogP contribution >= 0.6 is 11.6 Å². The Hall–Kier alpha value is -3.81. The van der Waals surface area contributed by atoms with Gasteiger partial charge < -0.3 is 24.8 Å². The van der Waals surface area contributed by atoms with E-state index in [2.05, 4.69) is 16.4 Å². The SMILES string of the molecule is COCCCN(CC(=O)N(CCc1c[nH]c2ccccc12)Cc1ccccc1)C(=O)Nc1cccc(Cl)c1. The number of fused-ring (bicyclic) bond motifs is 1. The fraction of sp³-hybridized carbons (Fsp3) is 0.267. The van der Waals surface area contributed by atoms with E-state index in [-0.39, 0.29) is 18.5 Å². The van der Waals surface area contributed by atoms with Crippen molar-refractivity contribution in [2.45, 2.75) is 19.4 Å². The van der Waals surface area contributed by atoms with Gasteiger partial charge in [-0.1, -0.05) is 66.2 Å². The van der Waals surface area contributed by atoms with Gasteiger partial charge in [0.25, 0.3) is 0 Å². The molecule has 3 aromatic carbocycles. The zero-order chi connectivity index (χ0) is 26.7. The molecule has 1 aromatic heterocycles. The number of hydrogen-bond donors (Lipinski definition) is 2. The summed E-state index contributed by atoms with van der Waals surface area (Å²) in [6.07, 6.45) is 3.31. The van der Waals surface area contributed by atoms with Gasteiger partial charge in [0.1, 0.15) is 6.54 Å². The van der Waals surface area contributed by atoms with E-state index < -0.39 is 0 Å². The van der Waals surface area contributed by atoms with Gasteiger partial charge in [-0.05, 0) is 48.2 Å². The fourth-order valence-corrected chi connectivity index (χ4v) is 4.56. The van der Waals surface area contributed by atoms with Crippen molar-refractivity contribution in [3.05, 3.63) is 101 Å². The van der Waals surface area contributed by atoms with Gasteiger partial charge in [-0.3, -0.25) is 4.79 Å². The van der Waals surface area contributed by atoms with Crippen LogP contribution in [0.25, 0.3) is 10.9 Å². The van der Waals surface area contributed by atoms with Gasteiger partial charge in [0.15, 0.2) is 0 Å². The minimum Gasteiger partial charge on any atom is -0.385 e. The molecule has 8 heteroatoms. The van der Waals surface area contributed by atoms with E-state index in [9.17, 15) is 9.59 Å². The molecule has 0 saturated carbocycles. The summed E-state index contributed by atoms with van der Waals surface area (Å²) in [4.78, 5) is 33.5. The quantitative estimate of drug-likeness (QED) is 0.221. The third-order valence-electron chi connectivity index (χ3n) is 6.36. The molecule has 1 heterocycles. The molecule has 7 nitrogen and oxygen atoms in total. The van der Waals surface area contributed by atoms with Crippen molar-refractivity contribution in [3.8, 4) is 0 Å². The first-order valence-corrected chi connectivity index (χ1v) is 13.1. The molecule has 0 aliphatic carbocycles. The maximum atomic E-state index is 13.7. The summed E-state index contributed by atoms with van der Waals surface area (Å²) in [6, 6.07) is 24.7. The molecular formula is C30H33ClN4O3. The minimum absolute atomic E-state index is 0.0448. The third kappa shape index (κ3) is 7.60. The number of aromatic amines is 1. The molecule has 0 aliphatic heterocycles. The zero-order valence-electron chi connectivity index (χ0n) is 21.5. The highest BCUT2D eigenvalue weighted by Crippen LogP contribution is 2.19. The number of para-hydroxylation sites is 1. The molecule has 0 saturated heterocycles. The highest BCUT2D eigenvalue weighted by atomic mass is 35.5. The summed E-state index contributed by atoms with van der Waals surface area (Å²) in [5.41, 5.74) is 3.84. The Bertz CT molecular complexity index is 1340. The smallest absolute Gasteiger partial charge is 0.322 e. The van der Waals surface area contributed by atoms with Crippen LogP contribution < -0.4 is 5.32 Å². The topological polar surface area (TPSA) is 77.7 Å². The van der Waals surface area contributed by atoms with E-state index in [4.69, 9.17) is 16.3 Å². The predicted octanol–water partition coefficient (Wildman–Crippen LogP) is 5.96. The van der Waals surface area contributed by atoms with Crippen molar-refractivity contribution in [3.63, 3.8) is 0 Å². The van der Waals surface area contributed by atoms with E-state index in [1.807, 2.05) is 59.6 Å². The summed E-state index contributed by atoms with van der Waals surface area (Å²) < 4.78 is 5.18. The number of ether oxygens (including phenoxy) is 1. The summed E-state index contributed by atoms with van der Waals surface area (Å²) in [5.74, 6) is -0.118. The lowest BCUT2D eigenvalue weighted by molar-refractivity contribution is -0.132. The molecule has 2 N–H and O–H groups in total. The third-order valence-corrected chi connectivity index (χ3v) is 6.60. The number of carbonyl (C=O) groups is 2. The first-order chi connectivity index (χ1) is 18.5. The maximum absolute atomic E-state index is 13.7. The van der Waals surface area contributed by atoms with Crippen molar-refractivity contribution in [2.24, 2.45) is 0 Å². The lowest BCUT2D eigenvalue weighted by Crippen LogP contribution is -2.45. The number of amides is 3. The molecule has 198 valence electrons. The number of hydrogen-bond acceptors (Lipinski definition) is 3. The van der Waals surface area contributed by atoms with Gasteiger partial charge in [0.05, 0.1) is 0 Å². The highest BCUT2D eigenvalue weighted by molar-refractivity contribution is 6.30. The first-order valence-electron chi connectivity index (χ1n) is 12.7. The molecule has 0 atom stereocenters. The molecule has 0 spiro atoms. The van der Waals surface area contributed by atoms with E-state index in [0.717, 1.165) is 22.0 Å². The average Bonchev–Trinajstić information content (AvgIpc) is 3.34. The number of H-pyrrole nitrogens is 1. The maximum Gasteiger partial charge on any atom is 0.322 e. The number of nitrogens with one attached hydrogen (secondary N) is 2. The minimum atomic E-state index is -0.354. The van der Waals surface area contributed by atoms with Gasteiger partial charge in [-0.15, -0.1) is 0 Å². The van der Waals surface area contributed by atoms with Gasteiger partial charge >= 0.3 is 6.03 Å². The monoisotopic (exact) mass is 532 g/mol. The van der Waals surface area contributed by atoms with E-state index in [1.54, 1.807) is 31.4 Å². The second-order valence-corrected chi connectivity index (χ2v) is 9.56. The average molecular weight is 533 g/mol. The standard InChI is InChI=1S/C30H33ClN4O3/c1-38-18-8-16-35(30(37)33-26-12-7-11-25(31)19-26)22-29(36)34(21-23-9-3-2-4-10-23)17-15-24-20-32-28-14-6-5-13-27(24)28/h2-7,9-14,19-20,32H,8,15-18,21-22H2,1H3,(H,33,37). The Morgan fingerprint density at radius 1 is 0.947 bits per heavy atom. The van der Waals surface area contributed by atoms with Crippen LogP contribution in [0.5, 0.6) is 0 Å². The van der Waals surface area contributed by atoms with Crippen LogP contribution in [-0.4, -0.2) is 60.1 Å². The highest BCUT2D eigenvalue weighted by Gasteiger charge is 2.22. The summed E-state index contributed by atoms with van der Waals surface area (Å²) in [5, 5.41) is 4.54. The number of rotatable bonds is 12. The normalized spacial score (nSPS) is 10.9. The van der Waals surface area contributed by atoms with Crippen molar-refractivity contribution in [1.82, 2.24) is 14.8 Å². The van der Waals surface area contributed by atoms with Crippen LogP contribution in [0.15, 0.2) is 85.1 Å². The number of halogens is 1. The van der Waals surface area contributed by atoms with Crippen LogP contribution in [0, 0.1) is 0 Å². The molecule has 0 fully saturated rings. The molecule has 4 aromatic rings. The van der Waals surface area contributed by atoms with Crippen LogP contribution in [0.3, 0.4) is 0 Å². The van der Waals surface area contributed by atoms with Crippen LogP contribution in [0.1, 0.15) is 17.5 Å². The summed E-state index contributed by atoms with van der Waals surface area (Å²) >= 11 is 6.08. The van der Waals surface area contributed by atoms with Crippen molar-refractivity contribution >= 4 is 40.1 Å². The van der Waals surface area contributed by atoms with Crippen molar-refractivity contribution in [2.75, 3.05) is 38.7 Å². The molecule has 0 unspecified atom stereocenters. The zero-order valence-corrected chi connectivity index (χ0v) is 22.3. The van der Waals surface area contributed by atoms with Crippen LogP contribution in [0.4, 0.5) is 10.5 Å². The molecule has 0 bridgehead atoms. The van der Waals surface area contributed by atoms with E-state index in [0.29, 0.717) is 49.8 Å². The first kappa shape index (κ1) is 27.2. The number of urea groups is 1. The molecule has 0 aliphatic rings. The van der Waals surface area contributed by atoms with Crippen LogP contribution in [0.2, 0.25) is 5.02 Å². The number of anilines is 1. The molecule has 3 amide bonds. The van der Waals surface area contributed by atoms with Crippen molar-refractivity contribution < 1.29 is 14.3 Å². The van der Waals surface area contributed by atoms with Gasteiger partial charge in [0.2, 0.25) is 5.91 Å². The Balaban J connectivity index is 1.49. The second-order valence-electron chi connectivity index (χ2n) is 9.12. The lowest BCUT2D eigenvalue weighted by atomic mass is 10.1. The molecular weight excluding hydrogens is 500 g/mol. The lowest BCUT2D eigenvalue weighted by Gasteiger charge is -2.28. The van der Waals surface area contributed by atoms with E-state index >= 15 is 0 Å². The summed E-state index contributed by atoms with van der Waals surface area (Å²) in [6.45, 7) is 1.81. The Labute approximate surface area is 228 Å². The number of carbonyl (C=O) groups excluding carboxylic acids is 2. The number of benzene rings is 3. The van der Waals surface area contributed by atoms with E-state index in [1.165, 1.54) is 4.90 Å². The molecule has 38 heavy (non-hydrogen) atoms. The van der Waals surface area contributed by atoms with Gasteiger partial charge in [-0.25, -0.2) is 4.79 Å².